The Hall–Kier alpha value is 0.570. The number of hydrogen-bond acceptors (Lipinski definition) is 0. The highest BCUT2D eigenvalue weighted by molar-refractivity contribution is 9.10. The Morgan fingerprint density at radius 3 is 2.47 bits per heavy atom. The second-order valence-corrected chi connectivity index (χ2v) is 5.34. The molecule has 4 heteroatoms. The third kappa shape index (κ3) is 2.82. The average molecular weight is 330 g/mol. The van der Waals surface area contributed by atoms with Crippen molar-refractivity contribution in [3.63, 3.8) is 0 Å². The molecule has 0 aliphatic heterocycles. The van der Waals surface area contributed by atoms with Crippen LogP contribution in [0, 0.1) is 0 Å². The number of halogens is 4. The summed E-state index contributed by atoms with van der Waals surface area (Å²) in [4.78, 5) is 0. The largest absolute Gasteiger partial charge is 0.121 e. The molecule has 0 aliphatic rings. The molecule has 1 unspecified atom stereocenters. The van der Waals surface area contributed by atoms with Gasteiger partial charge in [-0.3, -0.25) is 0 Å². The third-order valence-corrected chi connectivity index (χ3v) is 4.66. The zero-order chi connectivity index (χ0) is 11.6. The van der Waals surface area contributed by atoms with Gasteiger partial charge in [-0.15, -0.1) is 11.6 Å². The molecule has 0 spiro atoms. The normalized spacial score (nSPS) is 12.9. The molecule has 0 saturated carbocycles. The molecule has 1 aromatic carbocycles. The van der Waals surface area contributed by atoms with Crippen LogP contribution in [-0.4, -0.2) is 0 Å². The topological polar surface area (TPSA) is 0 Å². The van der Waals surface area contributed by atoms with Crippen LogP contribution in [-0.2, 0) is 5.88 Å². The molecule has 0 heterocycles. The lowest BCUT2D eigenvalue weighted by atomic mass is 9.97. The van der Waals surface area contributed by atoms with Crippen molar-refractivity contribution in [2.75, 3.05) is 0 Å². The predicted octanol–water partition coefficient (Wildman–Crippen LogP) is 6.01. The highest BCUT2D eigenvalue weighted by Gasteiger charge is 2.16. The van der Waals surface area contributed by atoms with E-state index in [9.17, 15) is 0 Å². The molecule has 0 fully saturated rings. The molecule has 0 aromatic heterocycles. The minimum Gasteiger partial charge on any atom is -0.121 e. The second-order valence-electron chi connectivity index (χ2n) is 3.50. The number of benzene rings is 1. The first-order chi connectivity index (χ1) is 7.02. The lowest BCUT2D eigenvalue weighted by molar-refractivity contribution is 0.730. The Kier molecular flexibility index (Phi) is 5.24. The van der Waals surface area contributed by atoms with E-state index in [1.807, 2.05) is 6.07 Å². The van der Waals surface area contributed by atoms with Gasteiger partial charge in [0, 0.05) is 15.1 Å². The van der Waals surface area contributed by atoms with Gasteiger partial charge in [-0.25, -0.2) is 0 Å². The lowest BCUT2D eigenvalue weighted by Crippen LogP contribution is -1.96. The molecule has 0 nitrogen and oxygen atoms in total. The minimum absolute atomic E-state index is 0.330. The molecular weight excluding hydrogens is 318 g/mol. The molecular formula is C11H12BrCl3. The monoisotopic (exact) mass is 328 g/mol. The summed E-state index contributed by atoms with van der Waals surface area (Å²) in [5.41, 5.74) is 1.93. The zero-order valence-corrected chi connectivity index (χ0v) is 12.4. The van der Waals surface area contributed by atoms with Crippen LogP contribution in [0.3, 0.4) is 0 Å². The second kappa shape index (κ2) is 5.77. The Morgan fingerprint density at radius 2 is 2.00 bits per heavy atom. The van der Waals surface area contributed by atoms with E-state index in [0.717, 1.165) is 22.0 Å². The van der Waals surface area contributed by atoms with E-state index in [1.165, 1.54) is 0 Å². The van der Waals surface area contributed by atoms with Crippen LogP contribution in [0.2, 0.25) is 10.0 Å². The Balaban J connectivity index is 3.33. The molecule has 15 heavy (non-hydrogen) atoms. The molecule has 0 amide bonds. The van der Waals surface area contributed by atoms with Crippen molar-refractivity contribution < 1.29 is 0 Å². The number of rotatable bonds is 3. The summed E-state index contributed by atoms with van der Waals surface area (Å²) >= 11 is 21.6. The van der Waals surface area contributed by atoms with Gasteiger partial charge in [0.05, 0.1) is 10.9 Å². The maximum absolute atomic E-state index is 6.19. The summed E-state index contributed by atoms with van der Waals surface area (Å²) in [7, 11) is 0. The van der Waals surface area contributed by atoms with Crippen molar-refractivity contribution in [1.82, 2.24) is 0 Å². The highest BCUT2D eigenvalue weighted by atomic mass is 79.9. The van der Waals surface area contributed by atoms with Crippen molar-refractivity contribution >= 4 is 50.7 Å². The van der Waals surface area contributed by atoms with Crippen molar-refractivity contribution in [1.29, 1.82) is 0 Å². The minimum atomic E-state index is 0.330. The first-order valence-electron chi connectivity index (χ1n) is 4.75. The van der Waals surface area contributed by atoms with Crippen molar-refractivity contribution in [3.05, 3.63) is 31.7 Å². The summed E-state index contributed by atoms with van der Waals surface area (Å²) in [6.07, 6.45) is 1.05. The molecule has 0 saturated heterocycles. The summed E-state index contributed by atoms with van der Waals surface area (Å²) < 4.78 is 0.915. The van der Waals surface area contributed by atoms with Gasteiger partial charge < -0.3 is 0 Å². The summed E-state index contributed by atoms with van der Waals surface area (Å²) in [6.45, 7) is 4.28. The van der Waals surface area contributed by atoms with Gasteiger partial charge in [0.25, 0.3) is 0 Å². The van der Waals surface area contributed by atoms with Crippen LogP contribution in [0.4, 0.5) is 0 Å². The quantitative estimate of drug-likeness (QED) is 0.470. The van der Waals surface area contributed by atoms with Gasteiger partial charge in [0.15, 0.2) is 0 Å². The first kappa shape index (κ1) is 13.6. The van der Waals surface area contributed by atoms with Gasteiger partial charge in [-0.1, -0.05) is 37.0 Å². The average Bonchev–Trinajstić information content (AvgIpc) is 2.23. The fraction of sp³-hybridized carbons (Fsp3) is 0.455. The molecule has 1 rings (SSSR count). The van der Waals surface area contributed by atoms with Crippen LogP contribution in [0.1, 0.15) is 37.3 Å². The number of hydrogen-bond donors (Lipinski definition) is 0. The molecule has 0 aliphatic carbocycles. The first-order valence-corrected chi connectivity index (χ1v) is 6.83. The van der Waals surface area contributed by atoms with E-state index in [1.54, 1.807) is 0 Å². The van der Waals surface area contributed by atoms with E-state index in [-0.39, 0.29) is 0 Å². The van der Waals surface area contributed by atoms with Crippen LogP contribution in [0.15, 0.2) is 10.5 Å². The van der Waals surface area contributed by atoms with Gasteiger partial charge in [0.1, 0.15) is 0 Å². The van der Waals surface area contributed by atoms with Gasteiger partial charge in [-0.2, -0.15) is 0 Å². The van der Waals surface area contributed by atoms with Crippen molar-refractivity contribution in [2.24, 2.45) is 0 Å². The zero-order valence-electron chi connectivity index (χ0n) is 8.58. The molecule has 1 atom stereocenters. The van der Waals surface area contributed by atoms with E-state index in [2.05, 4.69) is 29.8 Å². The Labute approximate surface area is 114 Å². The molecule has 0 radical (unpaired) electrons. The molecule has 84 valence electrons. The summed E-state index contributed by atoms with van der Waals surface area (Å²) in [5.74, 6) is 0.760. The molecule has 1 aromatic rings. The van der Waals surface area contributed by atoms with E-state index >= 15 is 0 Å². The van der Waals surface area contributed by atoms with Crippen LogP contribution in [0.5, 0.6) is 0 Å². The van der Waals surface area contributed by atoms with Crippen LogP contribution in [0.25, 0.3) is 0 Å². The maximum atomic E-state index is 6.19. The summed E-state index contributed by atoms with van der Waals surface area (Å²) in [5, 5.41) is 1.28. The summed E-state index contributed by atoms with van der Waals surface area (Å²) in [6, 6.07) is 1.95. The fourth-order valence-corrected chi connectivity index (χ4v) is 3.12. The Bertz CT molecular complexity index is 363. The standard InChI is InChI=1S/C11H12BrCl3/c1-3-6(2)7-4-9(14)8(5-13)11(15)10(7)12/h4,6H,3,5H2,1-2H3. The van der Waals surface area contributed by atoms with Crippen LogP contribution < -0.4 is 0 Å². The van der Waals surface area contributed by atoms with Crippen molar-refractivity contribution in [2.45, 2.75) is 32.1 Å². The van der Waals surface area contributed by atoms with Crippen molar-refractivity contribution in [3.8, 4) is 0 Å². The van der Waals surface area contributed by atoms with E-state index < -0.39 is 0 Å². The maximum Gasteiger partial charge on any atom is 0.0609 e. The van der Waals surface area contributed by atoms with Gasteiger partial charge in [0.2, 0.25) is 0 Å². The fourth-order valence-electron chi connectivity index (χ4n) is 1.35. The van der Waals surface area contributed by atoms with E-state index in [4.69, 9.17) is 34.8 Å². The molecule has 0 N–H and O–H groups in total. The molecule has 0 bridgehead atoms. The third-order valence-electron chi connectivity index (χ3n) is 2.56. The smallest absolute Gasteiger partial charge is 0.0609 e. The SMILES string of the molecule is CCC(C)c1cc(Cl)c(CCl)c(Cl)c1Br. The van der Waals surface area contributed by atoms with Gasteiger partial charge >= 0.3 is 0 Å². The number of alkyl halides is 1. The highest BCUT2D eigenvalue weighted by Crippen LogP contribution is 2.39. The lowest BCUT2D eigenvalue weighted by Gasteiger charge is -2.15. The van der Waals surface area contributed by atoms with Gasteiger partial charge in [-0.05, 0) is 39.9 Å². The Morgan fingerprint density at radius 1 is 1.40 bits per heavy atom. The van der Waals surface area contributed by atoms with Crippen LogP contribution >= 0.6 is 50.7 Å². The van der Waals surface area contributed by atoms with E-state index in [0.29, 0.717) is 21.8 Å². The predicted molar refractivity (Wildman–Crippen MR) is 72.4 cm³/mol.